The van der Waals surface area contributed by atoms with E-state index in [0.717, 1.165) is 12.8 Å². The molecule has 168 valence electrons. The molecule has 0 amide bonds. The summed E-state index contributed by atoms with van der Waals surface area (Å²) in [5, 5.41) is 3.95. The molecule has 1 aromatic heterocycles. The summed E-state index contributed by atoms with van der Waals surface area (Å²) in [6, 6.07) is 10.6. The van der Waals surface area contributed by atoms with Crippen LogP contribution in [-0.2, 0) is 10.0 Å². The Hall–Kier alpha value is -2.98. The average Bonchev–Trinajstić information content (AvgIpc) is 3.18. The van der Waals surface area contributed by atoms with E-state index in [4.69, 9.17) is 14.0 Å². The molecule has 1 fully saturated rings. The van der Waals surface area contributed by atoms with Crippen LogP contribution >= 0.6 is 0 Å². The summed E-state index contributed by atoms with van der Waals surface area (Å²) in [7, 11) is -3.74. The molecule has 2 aliphatic rings. The van der Waals surface area contributed by atoms with Gasteiger partial charge in [0, 0.05) is 31.1 Å². The Morgan fingerprint density at radius 2 is 1.88 bits per heavy atom. The van der Waals surface area contributed by atoms with Gasteiger partial charge in [0.2, 0.25) is 21.7 Å². The van der Waals surface area contributed by atoms with Crippen LogP contribution < -0.4 is 9.47 Å². The third-order valence-electron chi connectivity index (χ3n) is 5.61. The molecule has 5 rings (SSSR count). The second-order valence-electron chi connectivity index (χ2n) is 7.83. The number of halogens is 1. The molecule has 0 radical (unpaired) electrons. The van der Waals surface area contributed by atoms with Crippen molar-refractivity contribution >= 4 is 10.0 Å². The van der Waals surface area contributed by atoms with Gasteiger partial charge in [-0.25, -0.2) is 12.8 Å². The lowest BCUT2D eigenvalue weighted by atomic mass is 10.00. The molecule has 0 saturated carbocycles. The average molecular weight is 459 g/mol. The van der Waals surface area contributed by atoms with Gasteiger partial charge in [-0.15, -0.1) is 0 Å². The van der Waals surface area contributed by atoms with Crippen LogP contribution in [0.2, 0.25) is 0 Å². The standard InChI is InChI=1S/C22H22FN3O5S/c23-17-6-1-4-15(12-17)21-24-22(31-25-21)16-5-2-9-26(14-16)32(27,28)18-7-8-19-20(13-18)30-11-3-10-29-19/h1,4,6-8,12-13,16H,2-3,5,9-11,14H2. The van der Waals surface area contributed by atoms with Crippen molar-refractivity contribution in [3.05, 3.63) is 54.2 Å². The van der Waals surface area contributed by atoms with Gasteiger partial charge in [-0.05, 0) is 37.1 Å². The minimum Gasteiger partial charge on any atom is -0.490 e. The SMILES string of the molecule is O=S(=O)(c1ccc2c(c1)OCCCO2)N1CCCC(c2nc(-c3cccc(F)c3)no2)C1. The van der Waals surface area contributed by atoms with E-state index < -0.39 is 10.0 Å². The largest absolute Gasteiger partial charge is 0.490 e. The number of aromatic nitrogens is 2. The van der Waals surface area contributed by atoms with Crippen molar-refractivity contribution in [2.75, 3.05) is 26.3 Å². The zero-order chi connectivity index (χ0) is 22.1. The van der Waals surface area contributed by atoms with Crippen LogP contribution in [0.3, 0.4) is 0 Å². The van der Waals surface area contributed by atoms with E-state index in [1.807, 2.05) is 0 Å². The van der Waals surface area contributed by atoms with Gasteiger partial charge in [-0.2, -0.15) is 9.29 Å². The molecular formula is C22H22FN3O5S. The first-order valence-electron chi connectivity index (χ1n) is 10.5. The van der Waals surface area contributed by atoms with E-state index in [1.165, 1.54) is 22.5 Å². The topological polar surface area (TPSA) is 94.8 Å². The van der Waals surface area contributed by atoms with E-state index in [0.29, 0.717) is 49.1 Å². The Kier molecular flexibility index (Phi) is 5.56. The molecular weight excluding hydrogens is 437 g/mol. The fourth-order valence-electron chi connectivity index (χ4n) is 3.96. The molecule has 1 unspecified atom stereocenters. The lowest BCUT2D eigenvalue weighted by Crippen LogP contribution is -2.39. The third-order valence-corrected chi connectivity index (χ3v) is 7.48. The maximum absolute atomic E-state index is 13.5. The second kappa shape index (κ2) is 8.51. The number of ether oxygens (including phenoxy) is 2. The molecule has 32 heavy (non-hydrogen) atoms. The fraction of sp³-hybridized carbons (Fsp3) is 0.364. The van der Waals surface area contributed by atoms with Gasteiger partial charge in [0.15, 0.2) is 11.5 Å². The van der Waals surface area contributed by atoms with Crippen molar-refractivity contribution in [1.29, 1.82) is 0 Å². The molecule has 8 nitrogen and oxygen atoms in total. The van der Waals surface area contributed by atoms with Gasteiger partial charge < -0.3 is 14.0 Å². The van der Waals surface area contributed by atoms with Crippen molar-refractivity contribution in [2.45, 2.75) is 30.1 Å². The number of benzene rings is 2. The van der Waals surface area contributed by atoms with Gasteiger partial charge in [-0.1, -0.05) is 17.3 Å². The van der Waals surface area contributed by atoms with Crippen molar-refractivity contribution in [1.82, 2.24) is 14.4 Å². The summed E-state index contributed by atoms with van der Waals surface area (Å²) in [5.41, 5.74) is 0.507. The normalized spacial score (nSPS) is 19.5. The number of fused-ring (bicyclic) bond motifs is 1. The fourth-order valence-corrected chi connectivity index (χ4v) is 5.50. The molecule has 1 saturated heterocycles. The van der Waals surface area contributed by atoms with Gasteiger partial charge >= 0.3 is 0 Å². The maximum Gasteiger partial charge on any atom is 0.243 e. The maximum atomic E-state index is 13.5. The molecule has 1 atom stereocenters. The molecule has 3 aromatic rings. The van der Waals surface area contributed by atoms with Crippen LogP contribution in [0, 0.1) is 5.82 Å². The Bertz CT molecular complexity index is 1230. The predicted molar refractivity (Wildman–Crippen MR) is 112 cm³/mol. The third kappa shape index (κ3) is 4.07. The van der Waals surface area contributed by atoms with E-state index in [1.54, 1.807) is 24.3 Å². The van der Waals surface area contributed by atoms with E-state index in [9.17, 15) is 12.8 Å². The van der Waals surface area contributed by atoms with Crippen molar-refractivity contribution in [2.24, 2.45) is 0 Å². The highest BCUT2D eigenvalue weighted by Gasteiger charge is 2.34. The smallest absolute Gasteiger partial charge is 0.243 e. The summed E-state index contributed by atoms with van der Waals surface area (Å²) in [4.78, 5) is 4.56. The molecule has 10 heteroatoms. The predicted octanol–water partition coefficient (Wildman–Crippen LogP) is 3.61. The molecule has 0 N–H and O–H groups in total. The first-order chi connectivity index (χ1) is 15.5. The van der Waals surface area contributed by atoms with Gasteiger partial charge in [0.05, 0.1) is 24.0 Å². The Balaban J connectivity index is 1.36. The minimum absolute atomic E-state index is 0.161. The van der Waals surface area contributed by atoms with Gasteiger partial charge in [-0.3, -0.25) is 0 Å². The lowest BCUT2D eigenvalue weighted by Gasteiger charge is -2.30. The minimum atomic E-state index is -3.74. The number of nitrogens with zero attached hydrogens (tertiary/aromatic N) is 3. The van der Waals surface area contributed by atoms with Crippen molar-refractivity contribution in [3.8, 4) is 22.9 Å². The highest BCUT2D eigenvalue weighted by Crippen LogP contribution is 2.35. The number of piperidine rings is 1. The number of hydrogen-bond acceptors (Lipinski definition) is 7. The molecule has 2 aliphatic heterocycles. The number of hydrogen-bond donors (Lipinski definition) is 0. The van der Waals surface area contributed by atoms with E-state index >= 15 is 0 Å². The molecule has 3 heterocycles. The van der Waals surface area contributed by atoms with Crippen LogP contribution in [0.1, 0.15) is 31.1 Å². The highest BCUT2D eigenvalue weighted by molar-refractivity contribution is 7.89. The first-order valence-corrected chi connectivity index (χ1v) is 11.9. The zero-order valence-electron chi connectivity index (χ0n) is 17.2. The van der Waals surface area contributed by atoms with Gasteiger partial charge in [0.25, 0.3) is 0 Å². The number of sulfonamides is 1. The monoisotopic (exact) mass is 459 g/mol. The summed E-state index contributed by atoms with van der Waals surface area (Å²) in [6.07, 6.45) is 2.12. The van der Waals surface area contributed by atoms with E-state index in [2.05, 4.69) is 10.1 Å². The summed E-state index contributed by atoms with van der Waals surface area (Å²) < 4.78 is 58.2. The van der Waals surface area contributed by atoms with Crippen LogP contribution in [0.15, 0.2) is 51.9 Å². The highest BCUT2D eigenvalue weighted by atomic mass is 32.2. The molecule has 0 aliphatic carbocycles. The summed E-state index contributed by atoms with van der Waals surface area (Å²) in [6.45, 7) is 1.64. The molecule has 2 aromatic carbocycles. The van der Waals surface area contributed by atoms with Crippen LogP contribution in [0.25, 0.3) is 11.4 Å². The van der Waals surface area contributed by atoms with E-state index in [-0.39, 0.29) is 29.0 Å². The Morgan fingerprint density at radius 1 is 1.03 bits per heavy atom. The van der Waals surface area contributed by atoms with Crippen LogP contribution in [-0.4, -0.2) is 49.2 Å². The first kappa shape index (κ1) is 20.9. The zero-order valence-corrected chi connectivity index (χ0v) is 18.1. The quantitative estimate of drug-likeness (QED) is 0.588. The van der Waals surface area contributed by atoms with Crippen molar-refractivity contribution in [3.63, 3.8) is 0 Å². The summed E-state index contributed by atoms with van der Waals surface area (Å²) in [5.74, 6) is 0.986. The molecule has 0 bridgehead atoms. The van der Waals surface area contributed by atoms with Crippen molar-refractivity contribution < 1.29 is 26.8 Å². The Labute approximate surface area is 185 Å². The van der Waals surface area contributed by atoms with Crippen LogP contribution in [0.5, 0.6) is 11.5 Å². The number of rotatable bonds is 4. The second-order valence-corrected chi connectivity index (χ2v) is 9.77. The summed E-state index contributed by atoms with van der Waals surface area (Å²) >= 11 is 0. The van der Waals surface area contributed by atoms with Gasteiger partial charge in [0.1, 0.15) is 5.82 Å². The Morgan fingerprint density at radius 3 is 2.72 bits per heavy atom. The lowest BCUT2D eigenvalue weighted by molar-refractivity contribution is 0.265. The van der Waals surface area contributed by atoms with Crippen LogP contribution in [0.4, 0.5) is 4.39 Å². The molecule has 0 spiro atoms.